The minimum absolute atomic E-state index is 0.689. The number of nitrogens with zero attached hydrogens (tertiary/aromatic N) is 2. The summed E-state index contributed by atoms with van der Waals surface area (Å²) in [7, 11) is 0. The lowest BCUT2D eigenvalue weighted by Gasteiger charge is -2.20. The van der Waals surface area contributed by atoms with E-state index in [1.807, 2.05) is 18.2 Å². The molecule has 0 saturated heterocycles. The number of benzene rings is 8. The lowest BCUT2D eigenvalue weighted by Crippen LogP contribution is -1.95. The van der Waals surface area contributed by atoms with Crippen LogP contribution in [0.4, 0.5) is 0 Å². The van der Waals surface area contributed by atoms with Crippen LogP contribution in [0.5, 0.6) is 0 Å². The fourth-order valence-corrected chi connectivity index (χ4v) is 7.20. The summed E-state index contributed by atoms with van der Waals surface area (Å²) < 4.78 is 0. The van der Waals surface area contributed by atoms with Crippen molar-refractivity contribution in [2.45, 2.75) is 0 Å². The Balaban J connectivity index is 1.49. The van der Waals surface area contributed by atoms with E-state index >= 15 is 0 Å². The second kappa shape index (κ2) is 9.49. The van der Waals surface area contributed by atoms with Crippen molar-refractivity contribution in [2.75, 3.05) is 0 Å². The Hall–Kier alpha value is -6.04. The normalized spacial score (nSPS) is 11.6. The second-order valence-electron chi connectivity index (χ2n) is 11.3. The van der Waals surface area contributed by atoms with Crippen molar-refractivity contribution in [3.63, 3.8) is 0 Å². The van der Waals surface area contributed by atoms with Crippen LogP contribution in [-0.4, -0.2) is 4.98 Å². The number of nitriles is 1. The molecular weight excluding hydrogens is 532 g/mol. The van der Waals surface area contributed by atoms with Crippen LogP contribution >= 0.6 is 0 Å². The molecule has 44 heavy (non-hydrogen) atoms. The molecule has 0 fully saturated rings. The molecule has 1 aromatic heterocycles. The molecule has 0 bridgehead atoms. The van der Waals surface area contributed by atoms with Gasteiger partial charge in [-0.2, -0.15) is 5.26 Å². The third-order valence-corrected chi connectivity index (χ3v) is 9.07. The highest BCUT2D eigenvalue weighted by atomic mass is 14.7. The van der Waals surface area contributed by atoms with E-state index in [1.54, 1.807) is 0 Å². The van der Waals surface area contributed by atoms with E-state index in [0.29, 0.717) is 5.56 Å². The molecule has 0 aliphatic rings. The van der Waals surface area contributed by atoms with Gasteiger partial charge in [-0.3, -0.25) is 0 Å². The summed E-state index contributed by atoms with van der Waals surface area (Å²) in [6.45, 7) is 0. The Morgan fingerprint density at radius 1 is 0.409 bits per heavy atom. The minimum atomic E-state index is 0.689. The van der Waals surface area contributed by atoms with Crippen molar-refractivity contribution < 1.29 is 0 Å². The summed E-state index contributed by atoms with van der Waals surface area (Å²) in [5, 5.41) is 22.6. The van der Waals surface area contributed by atoms with Crippen LogP contribution in [0.25, 0.3) is 87.1 Å². The van der Waals surface area contributed by atoms with Gasteiger partial charge in [0.2, 0.25) is 0 Å². The van der Waals surface area contributed by atoms with Crippen LogP contribution in [0, 0.1) is 11.3 Å². The van der Waals surface area contributed by atoms with Gasteiger partial charge >= 0.3 is 0 Å². The molecule has 8 aromatic carbocycles. The van der Waals surface area contributed by atoms with Gasteiger partial charge in [0.05, 0.1) is 22.8 Å². The first-order valence-corrected chi connectivity index (χ1v) is 14.9. The molecule has 0 aliphatic heterocycles. The van der Waals surface area contributed by atoms with Gasteiger partial charge in [-0.25, -0.2) is 4.98 Å². The molecule has 0 amide bonds. The summed E-state index contributed by atoms with van der Waals surface area (Å²) in [6, 6.07) is 53.7. The number of fused-ring (bicyclic) bond motifs is 8. The van der Waals surface area contributed by atoms with Crippen LogP contribution in [-0.2, 0) is 0 Å². The average Bonchev–Trinajstić information content (AvgIpc) is 3.09. The highest BCUT2D eigenvalue weighted by Gasteiger charge is 2.21. The van der Waals surface area contributed by atoms with Gasteiger partial charge in [-0.05, 0) is 61.0 Å². The first-order chi connectivity index (χ1) is 21.8. The molecule has 0 N–H and O–H groups in total. The summed E-state index contributed by atoms with van der Waals surface area (Å²) in [5.41, 5.74) is 6.12. The molecule has 0 atom stereocenters. The lowest BCUT2D eigenvalue weighted by molar-refractivity contribution is 1.45. The van der Waals surface area contributed by atoms with Gasteiger partial charge in [0.15, 0.2) is 0 Å². The summed E-state index contributed by atoms with van der Waals surface area (Å²) in [6.07, 6.45) is 0. The van der Waals surface area contributed by atoms with Gasteiger partial charge in [0.1, 0.15) is 0 Å². The molecule has 2 heteroatoms. The molecule has 1 heterocycles. The van der Waals surface area contributed by atoms with E-state index < -0.39 is 0 Å². The maximum atomic E-state index is 9.87. The largest absolute Gasteiger partial charge is 0.247 e. The lowest BCUT2D eigenvalue weighted by atomic mass is 9.84. The zero-order valence-electron chi connectivity index (χ0n) is 23.8. The van der Waals surface area contributed by atoms with E-state index in [-0.39, 0.29) is 0 Å². The molecule has 2 nitrogen and oxygen atoms in total. The molecule has 202 valence electrons. The van der Waals surface area contributed by atoms with Gasteiger partial charge in [0.25, 0.3) is 0 Å². The van der Waals surface area contributed by atoms with E-state index in [9.17, 15) is 5.26 Å². The van der Waals surface area contributed by atoms with E-state index in [1.165, 1.54) is 32.5 Å². The topological polar surface area (TPSA) is 36.7 Å². The standard InChI is InChI=1S/C42H24N2/c43-25-27-22-23-35(30-14-4-3-12-28(27)30)40-31-15-5-7-17-33(31)41(34-18-8-6-16-32(34)40)42-37-24-21-26-11-1-2-13-29(26)39(37)36-19-9-10-20-38(36)44-42/h1-24H. The number of hydrogen-bond donors (Lipinski definition) is 0. The summed E-state index contributed by atoms with van der Waals surface area (Å²) in [5.74, 6) is 0. The number of rotatable bonds is 2. The van der Waals surface area contributed by atoms with Gasteiger partial charge in [-0.15, -0.1) is 0 Å². The molecule has 0 aliphatic carbocycles. The fraction of sp³-hybridized carbons (Fsp3) is 0. The van der Waals surface area contributed by atoms with Crippen LogP contribution < -0.4 is 0 Å². The van der Waals surface area contributed by atoms with E-state index in [4.69, 9.17) is 4.98 Å². The zero-order valence-corrected chi connectivity index (χ0v) is 23.8. The third kappa shape index (κ3) is 3.44. The van der Waals surface area contributed by atoms with Gasteiger partial charge in [0, 0.05) is 27.1 Å². The Kier molecular flexibility index (Phi) is 5.30. The SMILES string of the molecule is N#Cc1ccc(-c2c3ccccc3c(-c3nc4ccccc4c4c3ccc3ccccc34)c3ccccc23)c2ccccc12. The Morgan fingerprint density at radius 3 is 1.64 bits per heavy atom. The monoisotopic (exact) mass is 556 g/mol. The molecule has 0 radical (unpaired) electrons. The smallest absolute Gasteiger partial charge is 0.0998 e. The van der Waals surface area contributed by atoms with E-state index in [0.717, 1.165) is 54.7 Å². The first-order valence-electron chi connectivity index (χ1n) is 14.9. The van der Waals surface area contributed by atoms with Gasteiger partial charge in [-0.1, -0.05) is 133 Å². The molecule has 0 spiro atoms. The van der Waals surface area contributed by atoms with Crippen LogP contribution in [0.3, 0.4) is 0 Å². The van der Waals surface area contributed by atoms with Crippen molar-refractivity contribution >= 4 is 64.8 Å². The molecule has 0 unspecified atom stereocenters. The minimum Gasteiger partial charge on any atom is -0.247 e. The number of para-hydroxylation sites is 1. The molecular formula is C42H24N2. The van der Waals surface area contributed by atoms with Crippen molar-refractivity contribution in [1.82, 2.24) is 4.98 Å². The first kappa shape index (κ1) is 24.5. The van der Waals surface area contributed by atoms with E-state index in [2.05, 4.69) is 133 Å². The van der Waals surface area contributed by atoms with Crippen molar-refractivity contribution in [3.8, 4) is 28.5 Å². The number of pyridine rings is 1. The average molecular weight is 557 g/mol. The van der Waals surface area contributed by atoms with Crippen molar-refractivity contribution in [2.24, 2.45) is 0 Å². The van der Waals surface area contributed by atoms with Crippen LogP contribution in [0.1, 0.15) is 5.56 Å². The predicted octanol–water partition coefficient (Wildman–Crippen LogP) is 11.2. The Labute approximate surface area is 254 Å². The maximum Gasteiger partial charge on any atom is 0.0998 e. The number of aromatic nitrogens is 1. The zero-order chi connectivity index (χ0) is 29.2. The predicted molar refractivity (Wildman–Crippen MR) is 185 cm³/mol. The van der Waals surface area contributed by atoms with Gasteiger partial charge < -0.3 is 0 Å². The Bertz CT molecular complexity index is 2600. The second-order valence-corrected chi connectivity index (χ2v) is 11.3. The van der Waals surface area contributed by atoms with Crippen LogP contribution in [0.2, 0.25) is 0 Å². The molecule has 0 saturated carbocycles. The highest BCUT2D eigenvalue weighted by Crippen LogP contribution is 2.47. The summed E-state index contributed by atoms with van der Waals surface area (Å²) >= 11 is 0. The quantitative estimate of drug-likeness (QED) is 0.157. The van der Waals surface area contributed by atoms with Crippen molar-refractivity contribution in [3.05, 3.63) is 151 Å². The third-order valence-electron chi connectivity index (χ3n) is 9.07. The number of hydrogen-bond acceptors (Lipinski definition) is 2. The Morgan fingerprint density at radius 2 is 0.955 bits per heavy atom. The van der Waals surface area contributed by atoms with Crippen molar-refractivity contribution in [1.29, 1.82) is 5.26 Å². The summed E-state index contributed by atoms with van der Waals surface area (Å²) in [4.78, 5) is 5.42. The maximum absolute atomic E-state index is 9.87. The highest BCUT2D eigenvalue weighted by molar-refractivity contribution is 6.28. The van der Waals surface area contributed by atoms with Crippen LogP contribution in [0.15, 0.2) is 146 Å². The molecule has 9 rings (SSSR count). The fourth-order valence-electron chi connectivity index (χ4n) is 7.20. The molecule has 9 aromatic rings.